The van der Waals surface area contributed by atoms with E-state index in [1.54, 1.807) is 12.7 Å². The summed E-state index contributed by atoms with van der Waals surface area (Å²) in [6.45, 7) is 0.510. The van der Waals surface area contributed by atoms with E-state index >= 15 is 0 Å². The standard InChI is InChI=1S/C15H13Cl2N5/c16-11-2-1-3-12(17)10(11)6-22-8-20-14(21-9-4-5-9)13-15(22)19-7-18-13/h1-3,7-9H,4-6H2,(H,18,19). The molecule has 1 aliphatic rings. The fourth-order valence-corrected chi connectivity index (χ4v) is 2.87. The summed E-state index contributed by atoms with van der Waals surface area (Å²) in [5.41, 5.74) is 3.22. The number of aromatic nitrogens is 4. The topological polar surface area (TPSA) is 58.9 Å². The van der Waals surface area contributed by atoms with Crippen LogP contribution in [0.3, 0.4) is 0 Å². The van der Waals surface area contributed by atoms with Crippen molar-refractivity contribution in [2.45, 2.75) is 25.4 Å². The molecule has 2 heterocycles. The molecule has 0 amide bonds. The molecule has 2 aromatic heterocycles. The molecule has 0 atom stereocenters. The average Bonchev–Trinajstić information content (AvgIpc) is 3.17. The second kappa shape index (κ2) is 5.41. The van der Waals surface area contributed by atoms with E-state index in [4.69, 9.17) is 23.2 Å². The lowest BCUT2D eigenvalue weighted by Gasteiger charge is -2.10. The van der Waals surface area contributed by atoms with Crippen LogP contribution in [0.2, 0.25) is 10.0 Å². The van der Waals surface area contributed by atoms with Gasteiger partial charge in [0.25, 0.3) is 0 Å². The molecular formula is C15H13Cl2N5. The van der Waals surface area contributed by atoms with Crippen molar-refractivity contribution in [2.75, 3.05) is 0 Å². The molecule has 0 spiro atoms. The van der Waals surface area contributed by atoms with E-state index in [0.717, 1.165) is 35.1 Å². The number of halogens is 2. The lowest BCUT2D eigenvalue weighted by molar-refractivity contribution is 0.782. The molecule has 1 aromatic carbocycles. The zero-order chi connectivity index (χ0) is 15.1. The van der Waals surface area contributed by atoms with E-state index in [-0.39, 0.29) is 0 Å². The second-order valence-corrected chi connectivity index (χ2v) is 6.17. The Hall–Kier alpha value is -1.85. The van der Waals surface area contributed by atoms with E-state index in [2.05, 4.69) is 19.9 Å². The van der Waals surface area contributed by atoms with Crippen LogP contribution in [0.25, 0.3) is 11.2 Å². The third kappa shape index (κ3) is 2.51. The first-order valence-corrected chi connectivity index (χ1v) is 7.83. The molecule has 0 saturated heterocycles. The van der Waals surface area contributed by atoms with Gasteiger partial charge in [-0.2, -0.15) is 0 Å². The van der Waals surface area contributed by atoms with Gasteiger partial charge in [0.05, 0.1) is 25.2 Å². The first kappa shape index (κ1) is 13.8. The van der Waals surface area contributed by atoms with E-state index in [9.17, 15) is 0 Å². The van der Waals surface area contributed by atoms with Gasteiger partial charge in [0.2, 0.25) is 0 Å². The summed E-state index contributed by atoms with van der Waals surface area (Å²) in [6, 6.07) is 5.90. The van der Waals surface area contributed by atoms with Crippen molar-refractivity contribution in [3.63, 3.8) is 0 Å². The van der Waals surface area contributed by atoms with E-state index in [0.29, 0.717) is 22.6 Å². The van der Waals surface area contributed by atoms with Gasteiger partial charge in [-0.3, -0.25) is 4.99 Å². The molecular weight excluding hydrogens is 321 g/mol. The monoisotopic (exact) mass is 333 g/mol. The number of H-pyrrole nitrogens is 1. The second-order valence-electron chi connectivity index (χ2n) is 5.36. The van der Waals surface area contributed by atoms with Crippen molar-refractivity contribution >= 4 is 34.4 Å². The molecule has 1 aliphatic carbocycles. The van der Waals surface area contributed by atoms with Crippen LogP contribution in [0.5, 0.6) is 0 Å². The van der Waals surface area contributed by atoms with Crippen LogP contribution in [0.1, 0.15) is 18.4 Å². The molecule has 7 heteroatoms. The Morgan fingerprint density at radius 3 is 2.73 bits per heavy atom. The molecule has 1 N–H and O–H groups in total. The maximum atomic E-state index is 6.25. The van der Waals surface area contributed by atoms with Crippen molar-refractivity contribution in [1.82, 2.24) is 19.5 Å². The largest absolute Gasteiger partial charge is 0.340 e. The average molecular weight is 334 g/mol. The van der Waals surface area contributed by atoms with Gasteiger partial charge in [-0.25, -0.2) is 9.97 Å². The van der Waals surface area contributed by atoms with Crippen LogP contribution < -0.4 is 5.49 Å². The minimum Gasteiger partial charge on any atom is -0.340 e. The Labute approximate surface area is 136 Å². The van der Waals surface area contributed by atoms with Crippen molar-refractivity contribution in [3.8, 4) is 0 Å². The summed E-state index contributed by atoms with van der Waals surface area (Å²) in [6.07, 6.45) is 5.68. The maximum Gasteiger partial charge on any atom is 0.176 e. The number of hydrogen-bond acceptors (Lipinski definition) is 3. The highest BCUT2D eigenvalue weighted by molar-refractivity contribution is 6.35. The number of rotatable bonds is 3. The smallest absolute Gasteiger partial charge is 0.176 e. The summed E-state index contributed by atoms with van der Waals surface area (Å²) in [5, 5.41) is 1.27. The first-order chi connectivity index (χ1) is 10.7. The van der Waals surface area contributed by atoms with Crippen molar-refractivity contribution in [3.05, 3.63) is 52.0 Å². The highest BCUT2D eigenvalue weighted by Crippen LogP contribution is 2.26. The number of benzene rings is 1. The van der Waals surface area contributed by atoms with E-state index < -0.39 is 0 Å². The summed E-state index contributed by atoms with van der Waals surface area (Å²) in [4.78, 5) is 16.6. The van der Waals surface area contributed by atoms with Crippen LogP contribution >= 0.6 is 23.2 Å². The molecule has 112 valence electrons. The van der Waals surface area contributed by atoms with Gasteiger partial charge in [0.1, 0.15) is 5.52 Å². The van der Waals surface area contributed by atoms with Crippen LogP contribution in [0, 0.1) is 0 Å². The lowest BCUT2D eigenvalue weighted by Crippen LogP contribution is -2.16. The van der Waals surface area contributed by atoms with Gasteiger partial charge in [-0.15, -0.1) is 0 Å². The predicted molar refractivity (Wildman–Crippen MR) is 86.0 cm³/mol. The lowest BCUT2D eigenvalue weighted by atomic mass is 10.2. The van der Waals surface area contributed by atoms with Gasteiger partial charge in [-0.05, 0) is 25.0 Å². The molecule has 1 saturated carbocycles. The van der Waals surface area contributed by atoms with Crippen molar-refractivity contribution in [2.24, 2.45) is 4.99 Å². The third-order valence-corrected chi connectivity index (χ3v) is 4.38. The highest BCUT2D eigenvalue weighted by Gasteiger charge is 2.20. The molecule has 0 radical (unpaired) electrons. The van der Waals surface area contributed by atoms with Gasteiger partial charge in [0.15, 0.2) is 11.1 Å². The van der Waals surface area contributed by atoms with Gasteiger partial charge >= 0.3 is 0 Å². The summed E-state index contributed by atoms with van der Waals surface area (Å²) in [5.74, 6) is 0. The van der Waals surface area contributed by atoms with Gasteiger partial charge in [-0.1, -0.05) is 29.3 Å². The van der Waals surface area contributed by atoms with Crippen LogP contribution in [-0.2, 0) is 6.54 Å². The summed E-state index contributed by atoms with van der Waals surface area (Å²) >= 11 is 12.5. The number of aromatic amines is 1. The fraction of sp³-hybridized carbons (Fsp3) is 0.267. The normalized spacial score (nSPS) is 15.6. The number of nitrogens with one attached hydrogen (secondary N) is 1. The van der Waals surface area contributed by atoms with Crippen LogP contribution in [-0.4, -0.2) is 25.6 Å². The number of hydrogen-bond donors (Lipinski definition) is 1. The molecule has 22 heavy (non-hydrogen) atoms. The molecule has 5 nitrogen and oxygen atoms in total. The zero-order valence-electron chi connectivity index (χ0n) is 11.6. The maximum absolute atomic E-state index is 6.25. The SMILES string of the molecule is Clc1cccc(Cl)c1Cn1cnc(=NC2CC2)c2[nH]cnc21. The van der Waals surface area contributed by atoms with E-state index in [1.807, 2.05) is 22.8 Å². The molecule has 1 fully saturated rings. The molecule has 0 unspecified atom stereocenters. The number of imidazole rings is 1. The fourth-order valence-electron chi connectivity index (χ4n) is 2.36. The number of nitrogens with zero attached hydrogens (tertiary/aromatic N) is 4. The number of fused-ring (bicyclic) bond motifs is 1. The molecule has 3 aromatic rings. The zero-order valence-corrected chi connectivity index (χ0v) is 13.1. The molecule has 0 aliphatic heterocycles. The van der Waals surface area contributed by atoms with Gasteiger partial charge in [0, 0.05) is 15.6 Å². The summed E-state index contributed by atoms with van der Waals surface area (Å²) in [7, 11) is 0. The molecule has 0 bridgehead atoms. The van der Waals surface area contributed by atoms with Crippen molar-refractivity contribution < 1.29 is 0 Å². The minimum absolute atomic E-state index is 0.410. The Morgan fingerprint density at radius 2 is 2.00 bits per heavy atom. The first-order valence-electron chi connectivity index (χ1n) is 7.07. The Kier molecular flexibility index (Phi) is 3.39. The predicted octanol–water partition coefficient (Wildman–Crippen LogP) is 3.18. The Morgan fingerprint density at radius 1 is 1.23 bits per heavy atom. The quantitative estimate of drug-likeness (QED) is 0.800. The third-order valence-electron chi connectivity index (χ3n) is 3.68. The van der Waals surface area contributed by atoms with E-state index in [1.165, 1.54) is 0 Å². The Balaban J connectivity index is 1.81. The van der Waals surface area contributed by atoms with Crippen LogP contribution in [0.15, 0.2) is 35.8 Å². The highest BCUT2D eigenvalue weighted by atomic mass is 35.5. The van der Waals surface area contributed by atoms with Crippen molar-refractivity contribution in [1.29, 1.82) is 0 Å². The molecule has 4 rings (SSSR count). The van der Waals surface area contributed by atoms with Gasteiger partial charge < -0.3 is 9.55 Å². The minimum atomic E-state index is 0.410. The summed E-state index contributed by atoms with van der Waals surface area (Å²) < 4.78 is 1.92. The van der Waals surface area contributed by atoms with Crippen LogP contribution in [0.4, 0.5) is 0 Å². The Bertz CT molecular complexity index is 887.